The molecule has 110 valence electrons. The van der Waals surface area contributed by atoms with Crippen LogP contribution in [0, 0.1) is 0 Å². The number of rotatable bonds is 7. The number of hydrogen-bond donors (Lipinski definition) is 1. The van der Waals surface area contributed by atoms with Gasteiger partial charge in [-0.25, -0.2) is 0 Å². The second-order valence-corrected chi connectivity index (χ2v) is 4.26. The highest BCUT2D eigenvalue weighted by molar-refractivity contribution is 5.92. The van der Waals surface area contributed by atoms with E-state index >= 15 is 0 Å². The molecule has 20 heavy (non-hydrogen) atoms. The van der Waals surface area contributed by atoms with Crippen molar-refractivity contribution in [1.82, 2.24) is 4.90 Å². The van der Waals surface area contributed by atoms with Gasteiger partial charge in [-0.3, -0.25) is 14.5 Å². The molecule has 0 fully saturated rings. The van der Waals surface area contributed by atoms with E-state index in [1.807, 2.05) is 0 Å². The molecule has 1 N–H and O–H groups in total. The zero-order chi connectivity index (χ0) is 15.0. The van der Waals surface area contributed by atoms with E-state index in [0.717, 1.165) is 0 Å². The molecule has 6 nitrogen and oxygen atoms in total. The van der Waals surface area contributed by atoms with Gasteiger partial charge >= 0.3 is 5.97 Å². The van der Waals surface area contributed by atoms with Crippen molar-refractivity contribution in [3.05, 3.63) is 24.3 Å². The van der Waals surface area contributed by atoms with Crippen LogP contribution >= 0.6 is 0 Å². The van der Waals surface area contributed by atoms with Crippen molar-refractivity contribution >= 4 is 17.6 Å². The monoisotopic (exact) mass is 280 g/mol. The Morgan fingerprint density at radius 2 is 2.05 bits per heavy atom. The summed E-state index contributed by atoms with van der Waals surface area (Å²) in [6.07, 6.45) is 0. The summed E-state index contributed by atoms with van der Waals surface area (Å²) in [6.45, 7) is 2.27. The number of esters is 1. The Morgan fingerprint density at radius 3 is 2.70 bits per heavy atom. The van der Waals surface area contributed by atoms with Gasteiger partial charge in [-0.15, -0.1) is 0 Å². The van der Waals surface area contributed by atoms with E-state index in [-0.39, 0.29) is 25.0 Å². The Labute approximate surface area is 118 Å². The van der Waals surface area contributed by atoms with Crippen molar-refractivity contribution in [2.24, 2.45) is 0 Å². The summed E-state index contributed by atoms with van der Waals surface area (Å²) in [5, 5.41) is 2.74. The fraction of sp³-hybridized carbons (Fsp3) is 0.429. The van der Waals surface area contributed by atoms with Crippen LogP contribution in [0.15, 0.2) is 24.3 Å². The Morgan fingerprint density at radius 1 is 1.30 bits per heavy atom. The zero-order valence-electron chi connectivity index (χ0n) is 12.0. The Bertz CT molecular complexity index is 462. The summed E-state index contributed by atoms with van der Waals surface area (Å²) in [6, 6.07) is 7.08. The number of benzene rings is 1. The molecule has 0 atom stereocenters. The number of anilines is 1. The van der Waals surface area contributed by atoms with E-state index in [0.29, 0.717) is 18.0 Å². The molecule has 1 rings (SSSR count). The van der Waals surface area contributed by atoms with E-state index in [2.05, 4.69) is 5.32 Å². The maximum Gasteiger partial charge on any atom is 0.320 e. The van der Waals surface area contributed by atoms with Gasteiger partial charge in [0.15, 0.2) is 0 Å². The highest BCUT2D eigenvalue weighted by Crippen LogP contribution is 2.16. The smallest absolute Gasteiger partial charge is 0.320 e. The minimum Gasteiger partial charge on any atom is -0.497 e. The third-order valence-corrected chi connectivity index (χ3v) is 2.47. The lowest BCUT2D eigenvalue weighted by Crippen LogP contribution is -2.34. The molecule has 0 heterocycles. The highest BCUT2D eigenvalue weighted by Gasteiger charge is 2.11. The fourth-order valence-electron chi connectivity index (χ4n) is 1.63. The number of carbonyl (C=O) groups is 2. The van der Waals surface area contributed by atoms with Gasteiger partial charge in [0.25, 0.3) is 0 Å². The molecule has 0 aliphatic heterocycles. The lowest BCUT2D eigenvalue weighted by atomic mass is 10.3. The third-order valence-electron chi connectivity index (χ3n) is 2.47. The van der Waals surface area contributed by atoms with Crippen molar-refractivity contribution in [3.8, 4) is 5.75 Å². The first-order chi connectivity index (χ1) is 9.55. The maximum atomic E-state index is 11.8. The fourth-order valence-corrected chi connectivity index (χ4v) is 1.63. The molecule has 1 aromatic carbocycles. The second-order valence-electron chi connectivity index (χ2n) is 4.26. The molecule has 1 amide bonds. The molecule has 0 aliphatic carbocycles. The number of likely N-dealkylation sites (N-methyl/N-ethyl adjacent to an activating group) is 1. The van der Waals surface area contributed by atoms with Gasteiger partial charge < -0.3 is 14.8 Å². The van der Waals surface area contributed by atoms with Gasteiger partial charge in [0.05, 0.1) is 26.8 Å². The second kappa shape index (κ2) is 8.16. The summed E-state index contributed by atoms with van der Waals surface area (Å²) < 4.78 is 9.89. The number of amides is 1. The number of methoxy groups -OCH3 is 1. The van der Waals surface area contributed by atoms with Crippen molar-refractivity contribution in [2.45, 2.75) is 6.92 Å². The molecule has 0 bridgehead atoms. The van der Waals surface area contributed by atoms with E-state index in [9.17, 15) is 9.59 Å². The largest absolute Gasteiger partial charge is 0.497 e. The van der Waals surface area contributed by atoms with Crippen LogP contribution in [-0.2, 0) is 14.3 Å². The van der Waals surface area contributed by atoms with Crippen LogP contribution in [0.25, 0.3) is 0 Å². The number of nitrogens with zero attached hydrogens (tertiary/aromatic N) is 1. The molecule has 0 aliphatic rings. The van der Waals surface area contributed by atoms with Crippen LogP contribution in [0.1, 0.15) is 6.92 Å². The van der Waals surface area contributed by atoms with Crippen molar-refractivity contribution < 1.29 is 19.1 Å². The van der Waals surface area contributed by atoms with E-state index in [1.54, 1.807) is 50.2 Å². The van der Waals surface area contributed by atoms with Gasteiger partial charge in [-0.2, -0.15) is 0 Å². The van der Waals surface area contributed by atoms with Crippen LogP contribution in [0.5, 0.6) is 5.75 Å². The van der Waals surface area contributed by atoms with Crippen LogP contribution in [0.4, 0.5) is 5.69 Å². The van der Waals surface area contributed by atoms with Crippen molar-refractivity contribution in [2.75, 3.05) is 39.2 Å². The molecule has 0 spiro atoms. The summed E-state index contributed by atoms with van der Waals surface area (Å²) >= 11 is 0. The third kappa shape index (κ3) is 5.71. The molecule has 1 aromatic rings. The molecule has 6 heteroatoms. The molecule has 0 unspecified atom stereocenters. The van der Waals surface area contributed by atoms with E-state index in [1.165, 1.54) is 0 Å². The lowest BCUT2D eigenvalue weighted by molar-refractivity contribution is -0.144. The Kier molecular flexibility index (Phi) is 6.52. The number of nitrogens with one attached hydrogen (secondary N) is 1. The van der Waals surface area contributed by atoms with Gasteiger partial charge in [0.2, 0.25) is 5.91 Å². The highest BCUT2D eigenvalue weighted by atomic mass is 16.5. The molecular formula is C14H20N2O4. The quantitative estimate of drug-likeness (QED) is 0.758. The zero-order valence-corrected chi connectivity index (χ0v) is 12.0. The molecule has 0 radical (unpaired) electrons. The van der Waals surface area contributed by atoms with Gasteiger partial charge in [-0.1, -0.05) is 6.07 Å². The average Bonchev–Trinajstić information content (AvgIpc) is 2.38. The number of hydrogen-bond acceptors (Lipinski definition) is 5. The molecule has 0 saturated heterocycles. The predicted molar refractivity (Wildman–Crippen MR) is 75.8 cm³/mol. The Hall–Kier alpha value is -2.08. The van der Waals surface area contributed by atoms with Crippen molar-refractivity contribution in [3.63, 3.8) is 0 Å². The summed E-state index contributed by atoms with van der Waals surface area (Å²) in [5.41, 5.74) is 0.652. The van der Waals surface area contributed by atoms with E-state index < -0.39 is 0 Å². The normalized spacial score (nSPS) is 10.2. The summed E-state index contributed by atoms with van der Waals surface area (Å²) in [5.74, 6) is 0.122. The first-order valence-corrected chi connectivity index (χ1v) is 6.33. The topological polar surface area (TPSA) is 67.9 Å². The van der Waals surface area contributed by atoms with Gasteiger partial charge in [0.1, 0.15) is 5.75 Å². The standard InChI is InChI=1S/C14H20N2O4/c1-4-20-14(18)10-16(2)9-13(17)15-11-6-5-7-12(8-11)19-3/h5-8H,4,9-10H2,1-3H3,(H,15,17). The minimum atomic E-state index is -0.343. The lowest BCUT2D eigenvalue weighted by Gasteiger charge is -2.15. The first-order valence-electron chi connectivity index (χ1n) is 6.33. The van der Waals surface area contributed by atoms with Gasteiger partial charge in [-0.05, 0) is 26.1 Å². The van der Waals surface area contributed by atoms with Crippen LogP contribution in [-0.4, -0.2) is 50.6 Å². The summed E-state index contributed by atoms with van der Waals surface area (Å²) in [7, 11) is 3.25. The first kappa shape index (κ1) is 16.0. The van der Waals surface area contributed by atoms with Crippen LogP contribution in [0.3, 0.4) is 0 Å². The molecule has 0 aromatic heterocycles. The van der Waals surface area contributed by atoms with Crippen LogP contribution < -0.4 is 10.1 Å². The SMILES string of the molecule is CCOC(=O)CN(C)CC(=O)Nc1cccc(OC)c1. The molecular weight excluding hydrogens is 260 g/mol. The number of ether oxygens (including phenoxy) is 2. The average molecular weight is 280 g/mol. The number of carbonyl (C=O) groups excluding carboxylic acids is 2. The predicted octanol–water partition coefficient (Wildman–Crippen LogP) is 1.13. The maximum absolute atomic E-state index is 11.8. The minimum absolute atomic E-state index is 0.0827. The Balaban J connectivity index is 2.44. The van der Waals surface area contributed by atoms with Gasteiger partial charge in [0, 0.05) is 11.8 Å². The summed E-state index contributed by atoms with van der Waals surface area (Å²) in [4.78, 5) is 24.7. The van der Waals surface area contributed by atoms with Crippen LogP contribution in [0.2, 0.25) is 0 Å². The van der Waals surface area contributed by atoms with E-state index in [4.69, 9.17) is 9.47 Å². The van der Waals surface area contributed by atoms with Crippen molar-refractivity contribution in [1.29, 1.82) is 0 Å². The molecule has 0 saturated carbocycles.